The molecule has 1 fully saturated rings. The van der Waals surface area contributed by atoms with Gasteiger partial charge < -0.3 is 10.6 Å². The van der Waals surface area contributed by atoms with E-state index in [1.807, 2.05) is 27.7 Å². The lowest BCUT2D eigenvalue weighted by atomic mass is 10.7. The summed E-state index contributed by atoms with van der Waals surface area (Å²) < 4.78 is 0. The highest BCUT2D eigenvalue weighted by Gasteiger charge is 1.90. The maximum absolute atomic E-state index is 3.11. The third-order valence-electron chi connectivity index (χ3n) is 0.729. The Morgan fingerprint density at radius 3 is 1.22 bits per heavy atom. The first-order chi connectivity index (χ1) is 4.50. The van der Waals surface area contributed by atoms with E-state index < -0.39 is 0 Å². The highest BCUT2D eigenvalue weighted by Crippen LogP contribution is 1.62. The van der Waals surface area contributed by atoms with Crippen molar-refractivity contribution in [3.8, 4) is 0 Å². The number of hydrogen-bond acceptors (Lipinski definition) is 2. The third kappa shape index (κ3) is 11.5. The Balaban J connectivity index is 0. The van der Waals surface area contributed by atoms with Crippen LogP contribution in [-0.2, 0) is 0 Å². The van der Waals surface area contributed by atoms with Crippen LogP contribution in [0.15, 0.2) is 0 Å². The Hall–Kier alpha value is -0.0800. The lowest BCUT2D eigenvalue weighted by Crippen LogP contribution is -2.11. The minimum Gasteiger partial charge on any atom is -0.303 e. The lowest BCUT2D eigenvalue weighted by molar-refractivity contribution is 0.807. The van der Waals surface area contributed by atoms with Crippen molar-refractivity contribution in [3.63, 3.8) is 0 Å². The van der Waals surface area contributed by atoms with Gasteiger partial charge in [-0.05, 0) is 0 Å². The summed E-state index contributed by atoms with van der Waals surface area (Å²) in [4.78, 5) is 0. The molecule has 1 aliphatic rings. The summed E-state index contributed by atoms with van der Waals surface area (Å²) in [6.45, 7) is 11.3. The summed E-state index contributed by atoms with van der Waals surface area (Å²) >= 11 is 0. The van der Waals surface area contributed by atoms with Crippen LogP contribution < -0.4 is 10.6 Å². The first-order valence-electron chi connectivity index (χ1n) is 3.91. The van der Waals surface area contributed by atoms with Crippen LogP contribution >= 0.6 is 0 Å². The summed E-state index contributed by atoms with van der Waals surface area (Å²) in [5, 5.41) is 6.22. The van der Waals surface area contributed by atoms with E-state index in [-0.39, 0.29) is 0 Å². The second kappa shape index (κ2) is 15.7. The molecule has 0 aromatic rings. The molecule has 9 heavy (non-hydrogen) atoms. The topological polar surface area (TPSA) is 24.1 Å². The molecule has 1 aliphatic heterocycles. The summed E-state index contributed by atoms with van der Waals surface area (Å²) in [6, 6.07) is 0. The molecule has 1 saturated heterocycles. The molecular weight excluding hydrogens is 112 g/mol. The van der Waals surface area contributed by atoms with E-state index in [1.165, 1.54) is 0 Å². The van der Waals surface area contributed by atoms with Crippen LogP contribution in [0.25, 0.3) is 0 Å². The maximum atomic E-state index is 3.11. The zero-order valence-electron chi connectivity index (χ0n) is 7.12. The van der Waals surface area contributed by atoms with Gasteiger partial charge in [-0.3, -0.25) is 0 Å². The molecule has 0 saturated carbocycles. The first kappa shape index (κ1) is 11.7. The van der Waals surface area contributed by atoms with Gasteiger partial charge in [0, 0.05) is 19.8 Å². The second-order valence-corrected chi connectivity index (χ2v) is 1.18. The van der Waals surface area contributed by atoms with E-state index in [2.05, 4.69) is 10.6 Å². The standard InChI is InChI=1S/C3H8N2.2C2H6/c1-2-5-3-4-1;2*1-2/h4-5H,1-3H2;2*1-2H3. The minimum absolute atomic E-state index is 1.00. The van der Waals surface area contributed by atoms with E-state index in [4.69, 9.17) is 0 Å². The molecule has 0 unspecified atom stereocenters. The van der Waals surface area contributed by atoms with Gasteiger partial charge in [0.25, 0.3) is 0 Å². The van der Waals surface area contributed by atoms with Crippen LogP contribution in [0.3, 0.4) is 0 Å². The predicted molar refractivity (Wildman–Crippen MR) is 43.6 cm³/mol. The fraction of sp³-hybridized carbons (Fsp3) is 1.00. The van der Waals surface area contributed by atoms with Gasteiger partial charge in [-0.2, -0.15) is 0 Å². The van der Waals surface area contributed by atoms with Gasteiger partial charge >= 0.3 is 0 Å². The van der Waals surface area contributed by atoms with Gasteiger partial charge in [-0.25, -0.2) is 0 Å². The van der Waals surface area contributed by atoms with Crippen molar-refractivity contribution >= 4 is 0 Å². The molecular formula is C7H20N2. The molecule has 2 N–H and O–H groups in total. The van der Waals surface area contributed by atoms with Crippen LogP contribution in [0.1, 0.15) is 27.7 Å². The Kier molecular flexibility index (Phi) is 20.3. The molecule has 0 aromatic heterocycles. The monoisotopic (exact) mass is 132 g/mol. The van der Waals surface area contributed by atoms with Gasteiger partial charge in [-0.15, -0.1) is 0 Å². The fourth-order valence-corrected chi connectivity index (χ4v) is 0.442. The van der Waals surface area contributed by atoms with Gasteiger partial charge in [0.15, 0.2) is 0 Å². The number of nitrogens with one attached hydrogen (secondary N) is 2. The Labute approximate surface area is 59.0 Å². The molecule has 0 spiro atoms. The van der Waals surface area contributed by atoms with Gasteiger partial charge in [-0.1, -0.05) is 27.7 Å². The van der Waals surface area contributed by atoms with Crippen LogP contribution in [0.5, 0.6) is 0 Å². The lowest BCUT2D eigenvalue weighted by Gasteiger charge is -1.77. The van der Waals surface area contributed by atoms with E-state index in [0.29, 0.717) is 0 Å². The number of rotatable bonds is 0. The van der Waals surface area contributed by atoms with Crippen molar-refractivity contribution in [1.82, 2.24) is 10.6 Å². The van der Waals surface area contributed by atoms with Crippen molar-refractivity contribution < 1.29 is 0 Å². The minimum atomic E-state index is 1.00. The van der Waals surface area contributed by atoms with Crippen molar-refractivity contribution in [1.29, 1.82) is 0 Å². The highest BCUT2D eigenvalue weighted by atomic mass is 15.1. The zero-order valence-corrected chi connectivity index (χ0v) is 7.12. The zero-order chi connectivity index (χ0) is 7.54. The summed E-state index contributed by atoms with van der Waals surface area (Å²) in [5.41, 5.74) is 0. The smallest absolute Gasteiger partial charge is 0.0455 e. The van der Waals surface area contributed by atoms with Crippen LogP contribution in [0, 0.1) is 0 Å². The normalized spacial score (nSPS) is 14.7. The largest absolute Gasteiger partial charge is 0.303 e. The molecule has 1 rings (SSSR count). The summed E-state index contributed by atoms with van der Waals surface area (Å²) in [6.07, 6.45) is 0. The SMILES string of the molecule is C1CNCN1.CC.CC. The Morgan fingerprint density at radius 1 is 0.778 bits per heavy atom. The van der Waals surface area contributed by atoms with Gasteiger partial charge in [0.2, 0.25) is 0 Å². The second-order valence-electron chi connectivity index (χ2n) is 1.18. The predicted octanol–water partition coefficient (Wildman–Crippen LogP) is 1.19. The molecule has 0 bridgehead atoms. The quantitative estimate of drug-likeness (QED) is 0.517. The molecule has 0 atom stereocenters. The first-order valence-corrected chi connectivity index (χ1v) is 3.91. The average molecular weight is 132 g/mol. The Bertz CT molecular complexity index is 18.5. The average Bonchev–Trinajstić information content (AvgIpc) is 2.51. The van der Waals surface area contributed by atoms with E-state index in [9.17, 15) is 0 Å². The van der Waals surface area contributed by atoms with Crippen LogP contribution in [-0.4, -0.2) is 19.8 Å². The van der Waals surface area contributed by atoms with Crippen molar-refractivity contribution in [2.75, 3.05) is 19.8 Å². The molecule has 1 heterocycles. The van der Waals surface area contributed by atoms with E-state index in [0.717, 1.165) is 19.8 Å². The molecule has 0 aromatic carbocycles. The van der Waals surface area contributed by atoms with Crippen LogP contribution in [0.2, 0.25) is 0 Å². The van der Waals surface area contributed by atoms with Gasteiger partial charge in [0.05, 0.1) is 0 Å². The molecule has 0 amide bonds. The summed E-state index contributed by atoms with van der Waals surface area (Å²) in [5.74, 6) is 0. The molecule has 2 heteroatoms. The molecule has 0 radical (unpaired) electrons. The van der Waals surface area contributed by atoms with Crippen molar-refractivity contribution in [3.05, 3.63) is 0 Å². The van der Waals surface area contributed by atoms with Crippen molar-refractivity contribution in [2.24, 2.45) is 0 Å². The van der Waals surface area contributed by atoms with E-state index >= 15 is 0 Å². The van der Waals surface area contributed by atoms with Crippen LogP contribution in [0.4, 0.5) is 0 Å². The molecule has 2 nitrogen and oxygen atoms in total. The molecule has 58 valence electrons. The maximum Gasteiger partial charge on any atom is 0.0455 e. The number of hydrogen-bond donors (Lipinski definition) is 2. The Morgan fingerprint density at radius 2 is 1.11 bits per heavy atom. The summed E-state index contributed by atoms with van der Waals surface area (Å²) in [7, 11) is 0. The molecule has 0 aliphatic carbocycles. The van der Waals surface area contributed by atoms with Crippen molar-refractivity contribution in [2.45, 2.75) is 27.7 Å². The van der Waals surface area contributed by atoms with Gasteiger partial charge in [0.1, 0.15) is 0 Å². The fourth-order valence-electron chi connectivity index (χ4n) is 0.442. The third-order valence-corrected chi connectivity index (χ3v) is 0.729. The highest BCUT2D eigenvalue weighted by molar-refractivity contribution is 4.55. The van der Waals surface area contributed by atoms with E-state index in [1.54, 1.807) is 0 Å².